The summed E-state index contributed by atoms with van der Waals surface area (Å²) in [5.41, 5.74) is 6.13. The number of rotatable bonds is 5. The molecule has 0 aliphatic rings. The minimum absolute atomic E-state index is 0.0727. The number of imidazole rings is 1. The molecule has 0 amide bonds. The molecule has 152 valence electrons. The molecule has 3 rings (SSSR count). The SMILES string of the molecule is Cc1c(O)n(-c2ccc(OC(F)(F)F)cc2)c(=O)n1Cc1ccnc(C(=N)N)c1. The molecule has 3 aromatic rings. The van der Waals surface area contributed by atoms with E-state index in [1.165, 1.54) is 29.8 Å². The summed E-state index contributed by atoms with van der Waals surface area (Å²) in [6.07, 6.45) is -3.38. The number of nitrogens with one attached hydrogen (secondary N) is 1. The number of alkyl halides is 3. The highest BCUT2D eigenvalue weighted by molar-refractivity contribution is 5.93. The number of aromatic hydroxyl groups is 1. The van der Waals surface area contributed by atoms with Crippen LogP contribution in [-0.2, 0) is 6.54 Å². The second-order valence-corrected chi connectivity index (χ2v) is 6.12. The number of halogens is 3. The molecule has 4 N–H and O–H groups in total. The Morgan fingerprint density at radius 1 is 1.28 bits per heavy atom. The van der Waals surface area contributed by atoms with E-state index < -0.39 is 17.8 Å². The maximum atomic E-state index is 12.8. The molecular formula is C18H16F3N5O3. The van der Waals surface area contributed by atoms with Crippen LogP contribution in [-0.4, -0.2) is 31.4 Å². The first kappa shape index (κ1) is 20.0. The third kappa shape index (κ3) is 4.23. The van der Waals surface area contributed by atoms with Crippen molar-refractivity contribution >= 4 is 5.84 Å². The largest absolute Gasteiger partial charge is 0.573 e. The van der Waals surface area contributed by atoms with Crippen molar-refractivity contribution in [1.82, 2.24) is 14.1 Å². The highest BCUT2D eigenvalue weighted by atomic mass is 19.4. The van der Waals surface area contributed by atoms with Gasteiger partial charge in [-0.15, -0.1) is 13.2 Å². The van der Waals surface area contributed by atoms with Gasteiger partial charge in [-0.1, -0.05) is 0 Å². The maximum absolute atomic E-state index is 12.8. The molecule has 29 heavy (non-hydrogen) atoms. The molecule has 0 aliphatic carbocycles. The fourth-order valence-corrected chi connectivity index (χ4v) is 2.76. The first-order valence-electron chi connectivity index (χ1n) is 8.23. The van der Waals surface area contributed by atoms with Gasteiger partial charge in [0.05, 0.1) is 17.9 Å². The number of benzene rings is 1. The zero-order valence-corrected chi connectivity index (χ0v) is 15.1. The van der Waals surface area contributed by atoms with Gasteiger partial charge in [-0.25, -0.2) is 9.36 Å². The predicted molar refractivity (Wildman–Crippen MR) is 97.5 cm³/mol. The van der Waals surface area contributed by atoms with Crippen molar-refractivity contribution in [3.63, 3.8) is 0 Å². The van der Waals surface area contributed by atoms with Crippen molar-refractivity contribution in [3.8, 4) is 17.3 Å². The Balaban J connectivity index is 1.96. The maximum Gasteiger partial charge on any atom is 0.573 e. The van der Waals surface area contributed by atoms with Crippen LogP contribution in [0.3, 0.4) is 0 Å². The standard InChI is InChI=1S/C18H16F3N5O3/c1-10-16(27)26(12-2-4-13(5-3-12)29-18(19,20)21)17(28)25(10)9-11-6-7-24-14(8-11)15(22)23/h2-8,27H,9H2,1H3,(H3,22,23). The molecule has 0 saturated carbocycles. The summed E-state index contributed by atoms with van der Waals surface area (Å²) in [6.45, 7) is 1.60. The lowest BCUT2D eigenvalue weighted by Crippen LogP contribution is -2.24. The van der Waals surface area contributed by atoms with E-state index in [2.05, 4.69) is 9.72 Å². The average Bonchev–Trinajstić information content (AvgIpc) is 2.85. The highest BCUT2D eigenvalue weighted by Crippen LogP contribution is 2.25. The smallest absolute Gasteiger partial charge is 0.493 e. The first-order valence-corrected chi connectivity index (χ1v) is 8.23. The van der Waals surface area contributed by atoms with Crippen LogP contribution in [0.25, 0.3) is 5.69 Å². The molecule has 0 saturated heterocycles. The molecule has 0 bridgehead atoms. The van der Waals surface area contributed by atoms with Gasteiger partial charge in [0, 0.05) is 6.20 Å². The van der Waals surface area contributed by atoms with Gasteiger partial charge in [-0.05, 0) is 48.9 Å². The summed E-state index contributed by atoms with van der Waals surface area (Å²) in [4.78, 5) is 16.8. The molecule has 0 aliphatic heterocycles. The van der Waals surface area contributed by atoms with Crippen LogP contribution in [0, 0.1) is 12.3 Å². The lowest BCUT2D eigenvalue weighted by atomic mass is 10.2. The Morgan fingerprint density at radius 2 is 1.93 bits per heavy atom. The van der Waals surface area contributed by atoms with Crippen LogP contribution in [0.2, 0.25) is 0 Å². The summed E-state index contributed by atoms with van der Waals surface area (Å²) < 4.78 is 42.9. The molecule has 0 spiro atoms. The zero-order valence-electron chi connectivity index (χ0n) is 15.1. The molecule has 0 unspecified atom stereocenters. The fourth-order valence-electron chi connectivity index (χ4n) is 2.76. The highest BCUT2D eigenvalue weighted by Gasteiger charge is 2.31. The van der Waals surface area contributed by atoms with E-state index >= 15 is 0 Å². The van der Waals surface area contributed by atoms with Gasteiger partial charge in [0.2, 0.25) is 5.88 Å². The van der Waals surface area contributed by atoms with Crippen molar-refractivity contribution in [2.45, 2.75) is 19.8 Å². The van der Waals surface area contributed by atoms with Gasteiger partial charge >= 0.3 is 12.1 Å². The quantitative estimate of drug-likeness (QED) is 0.443. The van der Waals surface area contributed by atoms with E-state index in [4.69, 9.17) is 11.1 Å². The Hall–Kier alpha value is -3.76. The predicted octanol–water partition coefficient (Wildman–Crippen LogP) is 2.28. The van der Waals surface area contributed by atoms with E-state index in [0.717, 1.165) is 16.7 Å². The molecule has 1 aromatic carbocycles. The summed E-state index contributed by atoms with van der Waals surface area (Å²) in [7, 11) is 0. The lowest BCUT2D eigenvalue weighted by Gasteiger charge is -2.09. The number of nitrogen functional groups attached to an aromatic ring is 1. The van der Waals surface area contributed by atoms with E-state index in [-0.39, 0.29) is 35.3 Å². The summed E-state index contributed by atoms with van der Waals surface area (Å²) in [6, 6.07) is 7.73. The number of hydrogen-bond acceptors (Lipinski definition) is 5. The molecule has 0 fully saturated rings. The topological polar surface area (TPSA) is 119 Å². The minimum Gasteiger partial charge on any atom is -0.493 e. The van der Waals surface area contributed by atoms with Crippen molar-refractivity contribution in [1.29, 1.82) is 5.41 Å². The summed E-state index contributed by atoms with van der Waals surface area (Å²) >= 11 is 0. The minimum atomic E-state index is -4.83. The number of nitrogens with zero attached hydrogens (tertiary/aromatic N) is 3. The van der Waals surface area contributed by atoms with Crippen molar-refractivity contribution < 1.29 is 23.0 Å². The van der Waals surface area contributed by atoms with Crippen LogP contribution < -0.4 is 16.2 Å². The van der Waals surface area contributed by atoms with Gasteiger partial charge in [0.15, 0.2) is 0 Å². The van der Waals surface area contributed by atoms with Crippen molar-refractivity contribution in [3.05, 3.63) is 70.0 Å². The molecule has 2 heterocycles. The first-order chi connectivity index (χ1) is 13.6. The molecule has 11 heteroatoms. The van der Waals surface area contributed by atoms with Crippen LogP contribution in [0.4, 0.5) is 13.2 Å². The van der Waals surface area contributed by atoms with Crippen molar-refractivity contribution in [2.75, 3.05) is 0 Å². The molecule has 8 nitrogen and oxygen atoms in total. The van der Waals surface area contributed by atoms with Crippen molar-refractivity contribution in [2.24, 2.45) is 5.73 Å². The Morgan fingerprint density at radius 3 is 2.52 bits per heavy atom. The van der Waals surface area contributed by atoms with E-state index in [1.807, 2.05) is 0 Å². The molecule has 0 radical (unpaired) electrons. The molecular weight excluding hydrogens is 391 g/mol. The summed E-state index contributed by atoms with van der Waals surface area (Å²) in [5, 5.41) is 17.8. The average molecular weight is 407 g/mol. The number of aromatic nitrogens is 3. The monoisotopic (exact) mass is 407 g/mol. The summed E-state index contributed by atoms with van der Waals surface area (Å²) in [5.74, 6) is -1.02. The third-order valence-electron chi connectivity index (χ3n) is 4.13. The number of pyridine rings is 1. The lowest BCUT2D eigenvalue weighted by molar-refractivity contribution is -0.274. The number of ether oxygens (including phenoxy) is 1. The number of nitrogens with two attached hydrogens (primary N) is 1. The fraction of sp³-hybridized carbons (Fsp3) is 0.167. The van der Waals surface area contributed by atoms with Gasteiger partial charge in [0.25, 0.3) is 0 Å². The third-order valence-corrected chi connectivity index (χ3v) is 4.13. The van der Waals surface area contributed by atoms with Gasteiger partial charge in [0.1, 0.15) is 17.3 Å². The molecule has 2 aromatic heterocycles. The van der Waals surface area contributed by atoms with Crippen LogP contribution in [0.1, 0.15) is 17.0 Å². The normalized spacial score (nSPS) is 11.4. The van der Waals surface area contributed by atoms with E-state index in [1.54, 1.807) is 12.1 Å². The Labute approximate surface area is 162 Å². The number of hydrogen-bond donors (Lipinski definition) is 3. The zero-order chi connectivity index (χ0) is 21.3. The van der Waals surface area contributed by atoms with E-state index in [0.29, 0.717) is 5.56 Å². The van der Waals surface area contributed by atoms with Gasteiger partial charge in [-0.3, -0.25) is 15.0 Å². The van der Waals surface area contributed by atoms with Gasteiger partial charge in [-0.2, -0.15) is 0 Å². The second-order valence-electron chi connectivity index (χ2n) is 6.12. The van der Waals surface area contributed by atoms with Crippen LogP contribution >= 0.6 is 0 Å². The van der Waals surface area contributed by atoms with E-state index in [9.17, 15) is 23.1 Å². The Kier molecular flexibility index (Phi) is 5.06. The number of amidine groups is 1. The van der Waals surface area contributed by atoms with Crippen LogP contribution in [0.5, 0.6) is 11.6 Å². The van der Waals surface area contributed by atoms with Crippen LogP contribution in [0.15, 0.2) is 47.4 Å². The molecule has 0 atom stereocenters. The Bertz CT molecular complexity index is 1120. The second kappa shape index (κ2) is 7.34. The van der Waals surface area contributed by atoms with Gasteiger partial charge < -0.3 is 15.6 Å².